The topological polar surface area (TPSA) is 67.0 Å². The number of carbonyl (C=O) groups excluding carboxylic acids is 1. The zero-order valence-electron chi connectivity index (χ0n) is 12.8. The SMILES string of the molecule is CC(C)c1[nH]nc(C(=O)NC2CCOc3ccc(Br)cc32)c1Br. The molecule has 0 saturated heterocycles. The Balaban J connectivity index is 1.83. The number of halogens is 2. The van der Waals surface area contributed by atoms with E-state index in [1.807, 2.05) is 32.0 Å². The smallest absolute Gasteiger partial charge is 0.273 e. The van der Waals surface area contributed by atoms with E-state index in [2.05, 4.69) is 47.4 Å². The zero-order valence-corrected chi connectivity index (χ0v) is 16.0. The van der Waals surface area contributed by atoms with Gasteiger partial charge in [-0.15, -0.1) is 0 Å². The number of hydrogen-bond acceptors (Lipinski definition) is 3. The summed E-state index contributed by atoms with van der Waals surface area (Å²) in [5.74, 6) is 0.879. The average Bonchev–Trinajstić information content (AvgIpc) is 2.90. The van der Waals surface area contributed by atoms with E-state index in [0.29, 0.717) is 12.3 Å². The number of hydrogen-bond donors (Lipinski definition) is 2. The minimum Gasteiger partial charge on any atom is -0.493 e. The van der Waals surface area contributed by atoms with Gasteiger partial charge in [0.25, 0.3) is 5.91 Å². The fourth-order valence-electron chi connectivity index (χ4n) is 2.62. The van der Waals surface area contributed by atoms with Crippen LogP contribution in [0.1, 0.15) is 54.0 Å². The standard InChI is InChI=1S/C16H17Br2N3O2/c1-8(2)14-13(18)15(21-20-14)16(22)19-11-5-6-23-12-4-3-9(17)7-10(11)12/h3-4,7-8,11H,5-6H2,1-2H3,(H,19,22)(H,20,21). The fourth-order valence-corrected chi connectivity index (χ4v) is 3.81. The molecule has 2 N–H and O–H groups in total. The van der Waals surface area contributed by atoms with Gasteiger partial charge in [0.15, 0.2) is 5.69 Å². The number of aromatic amines is 1. The number of ether oxygens (including phenoxy) is 1. The van der Waals surface area contributed by atoms with Crippen LogP contribution in [0.25, 0.3) is 0 Å². The van der Waals surface area contributed by atoms with Gasteiger partial charge in [0.1, 0.15) is 5.75 Å². The Kier molecular flexibility index (Phi) is 4.77. The van der Waals surface area contributed by atoms with Crippen LogP contribution in [-0.2, 0) is 0 Å². The molecular formula is C16H17Br2N3O2. The number of amides is 1. The molecule has 2 aromatic rings. The maximum atomic E-state index is 12.6. The van der Waals surface area contributed by atoms with Crippen LogP contribution in [0.2, 0.25) is 0 Å². The highest BCUT2D eigenvalue weighted by Crippen LogP contribution is 2.34. The van der Waals surface area contributed by atoms with E-state index in [1.165, 1.54) is 0 Å². The highest BCUT2D eigenvalue weighted by Gasteiger charge is 2.26. The molecule has 5 nitrogen and oxygen atoms in total. The second-order valence-corrected chi connectivity index (χ2v) is 7.51. The third-order valence-electron chi connectivity index (χ3n) is 3.84. The number of aromatic nitrogens is 2. The first-order valence-electron chi connectivity index (χ1n) is 7.44. The van der Waals surface area contributed by atoms with Crippen molar-refractivity contribution in [1.82, 2.24) is 15.5 Å². The van der Waals surface area contributed by atoms with Crippen molar-refractivity contribution in [3.63, 3.8) is 0 Å². The number of benzene rings is 1. The van der Waals surface area contributed by atoms with E-state index in [0.717, 1.165) is 32.4 Å². The molecule has 1 aromatic carbocycles. The van der Waals surface area contributed by atoms with E-state index in [4.69, 9.17) is 4.74 Å². The molecule has 0 aliphatic carbocycles. The normalized spacial score (nSPS) is 16.8. The third kappa shape index (κ3) is 3.30. The highest BCUT2D eigenvalue weighted by molar-refractivity contribution is 9.10. The summed E-state index contributed by atoms with van der Waals surface area (Å²) in [6.45, 7) is 4.68. The average molecular weight is 443 g/mol. The van der Waals surface area contributed by atoms with Crippen LogP contribution in [0.5, 0.6) is 5.75 Å². The molecule has 1 unspecified atom stereocenters. The quantitative estimate of drug-likeness (QED) is 0.744. The van der Waals surface area contributed by atoms with Crippen molar-refractivity contribution in [2.45, 2.75) is 32.2 Å². The zero-order chi connectivity index (χ0) is 16.6. The molecule has 1 aromatic heterocycles. The van der Waals surface area contributed by atoms with Crippen LogP contribution >= 0.6 is 31.9 Å². The summed E-state index contributed by atoms with van der Waals surface area (Å²) < 4.78 is 7.34. The molecule has 0 bridgehead atoms. The first-order chi connectivity index (χ1) is 11.0. The summed E-state index contributed by atoms with van der Waals surface area (Å²) in [5.41, 5.74) is 2.29. The number of nitrogens with one attached hydrogen (secondary N) is 2. The summed E-state index contributed by atoms with van der Waals surface area (Å²) in [6, 6.07) is 5.75. The van der Waals surface area contributed by atoms with Crippen molar-refractivity contribution in [3.8, 4) is 5.75 Å². The first kappa shape index (κ1) is 16.5. The van der Waals surface area contributed by atoms with Gasteiger partial charge >= 0.3 is 0 Å². The molecule has 0 radical (unpaired) electrons. The van der Waals surface area contributed by atoms with Gasteiger partial charge in [-0.1, -0.05) is 29.8 Å². The molecule has 122 valence electrons. The molecular weight excluding hydrogens is 426 g/mol. The Bertz CT molecular complexity index is 743. The van der Waals surface area contributed by atoms with Crippen LogP contribution in [0.3, 0.4) is 0 Å². The van der Waals surface area contributed by atoms with E-state index in [9.17, 15) is 4.79 Å². The van der Waals surface area contributed by atoms with Crippen molar-refractivity contribution < 1.29 is 9.53 Å². The number of nitrogens with zero attached hydrogens (tertiary/aromatic N) is 1. The Morgan fingerprint density at radius 2 is 2.22 bits per heavy atom. The number of carbonyl (C=O) groups is 1. The molecule has 1 aliphatic heterocycles. The van der Waals surface area contributed by atoms with Crippen LogP contribution < -0.4 is 10.1 Å². The Labute approximate surface area is 151 Å². The highest BCUT2D eigenvalue weighted by atomic mass is 79.9. The summed E-state index contributed by atoms with van der Waals surface area (Å²) in [5, 5.41) is 10.1. The molecule has 0 fully saturated rings. The lowest BCUT2D eigenvalue weighted by Crippen LogP contribution is -2.32. The van der Waals surface area contributed by atoms with Crippen LogP contribution in [0.4, 0.5) is 0 Å². The Hall–Kier alpha value is -1.34. The van der Waals surface area contributed by atoms with Gasteiger partial charge < -0.3 is 10.1 Å². The molecule has 1 atom stereocenters. The predicted molar refractivity (Wildman–Crippen MR) is 94.8 cm³/mol. The van der Waals surface area contributed by atoms with E-state index in [1.54, 1.807) is 0 Å². The van der Waals surface area contributed by atoms with Gasteiger partial charge in [-0.05, 0) is 40.0 Å². The maximum Gasteiger partial charge on any atom is 0.273 e. The van der Waals surface area contributed by atoms with Crippen LogP contribution in [0.15, 0.2) is 27.1 Å². The number of fused-ring (bicyclic) bond motifs is 1. The molecule has 2 heterocycles. The van der Waals surface area contributed by atoms with Crippen molar-refractivity contribution in [2.24, 2.45) is 0 Å². The summed E-state index contributed by atoms with van der Waals surface area (Å²) >= 11 is 6.94. The largest absolute Gasteiger partial charge is 0.493 e. The minimum atomic E-state index is -0.196. The molecule has 3 rings (SSSR count). The monoisotopic (exact) mass is 441 g/mol. The minimum absolute atomic E-state index is 0.0881. The van der Waals surface area contributed by atoms with Gasteiger partial charge in [-0.3, -0.25) is 9.89 Å². The van der Waals surface area contributed by atoms with E-state index in [-0.39, 0.29) is 17.9 Å². The van der Waals surface area contributed by atoms with Crippen LogP contribution in [-0.4, -0.2) is 22.7 Å². The Morgan fingerprint density at radius 1 is 1.43 bits per heavy atom. The molecule has 1 aliphatic rings. The number of rotatable bonds is 3. The molecule has 0 saturated carbocycles. The van der Waals surface area contributed by atoms with E-state index < -0.39 is 0 Å². The predicted octanol–water partition coefficient (Wildman–Crippen LogP) is 4.31. The Morgan fingerprint density at radius 3 is 2.91 bits per heavy atom. The lowest BCUT2D eigenvalue weighted by molar-refractivity contribution is 0.0919. The van der Waals surface area contributed by atoms with Gasteiger partial charge in [-0.25, -0.2) is 0 Å². The summed E-state index contributed by atoms with van der Waals surface area (Å²) in [7, 11) is 0. The van der Waals surface area contributed by atoms with Gasteiger partial charge in [0.05, 0.1) is 22.8 Å². The van der Waals surface area contributed by atoms with Crippen molar-refractivity contribution in [2.75, 3.05) is 6.61 Å². The molecule has 23 heavy (non-hydrogen) atoms. The second kappa shape index (κ2) is 6.65. The van der Waals surface area contributed by atoms with Crippen LogP contribution in [0, 0.1) is 0 Å². The lowest BCUT2D eigenvalue weighted by atomic mass is 10.0. The third-order valence-corrected chi connectivity index (χ3v) is 5.14. The van der Waals surface area contributed by atoms with E-state index >= 15 is 0 Å². The summed E-state index contributed by atoms with van der Waals surface area (Å²) in [4.78, 5) is 12.6. The van der Waals surface area contributed by atoms with Gasteiger partial charge in [0.2, 0.25) is 0 Å². The van der Waals surface area contributed by atoms with Gasteiger partial charge in [0, 0.05) is 16.5 Å². The fraction of sp³-hybridized carbons (Fsp3) is 0.375. The second-order valence-electron chi connectivity index (χ2n) is 5.80. The maximum absolute atomic E-state index is 12.6. The molecule has 1 amide bonds. The van der Waals surface area contributed by atoms with Crippen molar-refractivity contribution in [3.05, 3.63) is 44.1 Å². The summed E-state index contributed by atoms with van der Waals surface area (Å²) in [6.07, 6.45) is 0.730. The lowest BCUT2D eigenvalue weighted by Gasteiger charge is -2.26. The molecule has 0 spiro atoms. The molecule has 7 heteroatoms. The number of H-pyrrole nitrogens is 1. The van der Waals surface area contributed by atoms with Gasteiger partial charge in [-0.2, -0.15) is 5.10 Å². The van der Waals surface area contributed by atoms with Crippen molar-refractivity contribution in [1.29, 1.82) is 0 Å². The van der Waals surface area contributed by atoms with Crippen molar-refractivity contribution >= 4 is 37.8 Å². The first-order valence-corrected chi connectivity index (χ1v) is 9.03.